The summed E-state index contributed by atoms with van der Waals surface area (Å²) in [5.41, 5.74) is 5.66. The third kappa shape index (κ3) is 2.76. The second-order valence-electron chi connectivity index (χ2n) is 10.4. The largest absolute Gasteiger partial charge is 0.256 e. The summed E-state index contributed by atoms with van der Waals surface area (Å²) in [6, 6.07) is 18.9. The Balaban J connectivity index is 1.61. The van der Waals surface area contributed by atoms with Crippen LogP contribution in [0, 0.1) is 5.41 Å². The summed E-state index contributed by atoms with van der Waals surface area (Å²) in [5, 5.41) is 2.35. The highest BCUT2D eigenvalue weighted by Gasteiger charge is 2.59. The number of pyridine rings is 1. The molecule has 162 valence electrons. The molecule has 0 saturated carbocycles. The molecule has 0 bridgehead atoms. The van der Waals surface area contributed by atoms with Crippen LogP contribution < -0.4 is 0 Å². The molecule has 1 unspecified atom stereocenters. The molecule has 0 aliphatic heterocycles. The van der Waals surface area contributed by atoms with Crippen molar-refractivity contribution < 1.29 is 0 Å². The summed E-state index contributed by atoms with van der Waals surface area (Å²) in [4.78, 5) is 14.7. The molecule has 3 nitrogen and oxygen atoms in total. The van der Waals surface area contributed by atoms with Crippen LogP contribution in [0.4, 0.5) is 0 Å². The Bertz CT molecular complexity index is 1340. The zero-order valence-corrected chi connectivity index (χ0v) is 19.9. The molecule has 0 fully saturated rings. The van der Waals surface area contributed by atoms with Gasteiger partial charge in [0.2, 0.25) is 0 Å². The first kappa shape index (κ1) is 20.8. The second kappa shape index (κ2) is 6.96. The van der Waals surface area contributed by atoms with Gasteiger partial charge in [0.1, 0.15) is 0 Å². The van der Waals surface area contributed by atoms with Crippen LogP contribution in [-0.2, 0) is 10.8 Å². The Morgan fingerprint density at radius 2 is 1.47 bits per heavy atom. The minimum absolute atomic E-state index is 0.00103. The molecule has 3 heteroatoms. The molecule has 0 N–H and O–H groups in total. The van der Waals surface area contributed by atoms with Crippen LogP contribution in [-0.4, -0.2) is 15.0 Å². The van der Waals surface area contributed by atoms with E-state index in [1.54, 1.807) is 0 Å². The molecule has 0 amide bonds. The monoisotopic (exact) mass is 421 g/mol. The summed E-state index contributed by atoms with van der Waals surface area (Å²) in [7, 11) is 0. The molecule has 2 aromatic carbocycles. The Morgan fingerprint density at radius 3 is 2.22 bits per heavy atom. The van der Waals surface area contributed by atoms with E-state index in [1.807, 2.05) is 12.3 Å². The molecule has 0 saturated heterocycles. The lowest BCUT2D eigenvalue weighted by Gasteiger charge is -2.45. The lowest BCUT2D eigenvalue weighted by Crippen LogP contribution is -2.44. The third-order valence-electron chi connectivity index (χ3n) is 8.68. The fourth-order valence-electron chi connectivity index (χ4n) is 5.39. The molecule has 5 rings (SSSR count). The maximum atomic E-state index is 5.19. The Morgan fingerprint density at radius 1 is 0.750 bits per heavy atom. The van der Waals surface area contributed by atoms with E-state index in [0.29, 0.717) is 0 Å². The molecule has 2 aromatic heterocycles. The van der Waals surface area contributed by atoms with Crippen molar-refractivity contribution in [2.75, 3.05) is 0 Å². The number of fused-ring (bicyclic) bond motifs is 2. The van der Waals surface area contributed by atoms with E-state index >= 15 is 0 Å². The van der Waals surface area contributed by atoms with Crippen LogP contribution in [0.2, 0.25) is 0 Å². The van der Waals surface area contributed by atoms with Crippen molar-refractivity contribution in [2.24, 2.45) is 5.41 Å². The van der Waals surface area contributed by atoms with Crippen molar-refractivity contribution in [1.82, 2.24) is 15.0 Å². The standard InChI is InChI=1S/C29H31N3/c1-7-29(6)25-23(27(2,3)28(29,4)5)18-31-26(32-25)21-14-10-13-20(15-21)24-16-19-11-8-9-12-22(19)17-30-24/h8-18H,7H2,1-6H3. The SMILES string of the molecule is CCC1(C)c2nc(-c3cccc(-c4cc5ccccc5cn4)c3)ncc2C(C)(C)C1(C)C. The van der Waals surface area contributed by atoms with Gasteiger partial charge in [-0.15, -0.1) is 0 Å². The second-order valence-corrected chi connectivity index (χ2v) is 10.4. The van der Waals surface area contributed by atoms with Crippen LogP contribution in [0.1, 0.15) is 59.2 Å². The first-order valence-electron chi connectivity index (χ1n) is 11.5. The average molecular weight is 422 g/mol. The van der Waals surface area contributed by atoms with Crippen LogP contribution in [0.15, 0.2) is 67.0 Å². The Hall–Kier alpha value is -3.07. The van der Waals surface area contributed by atoms with Crippen LogP contribution >= 0.6 is 0 Å². The highest BCUT2D eigenvalue weighted by Crippen LogP contribution is 2.62. The number of rotatable bonds is 3. The van der Waals surface area contributed by atoms with Crippen molar-refractivity contribution in [3.8, 4) is 22.6 Å². The Labute approximate surface area is 191 Å². The van der Waals surface area contributed by atoms with E-state index in [0.717, 1.165) is 34.5 Å². The Kier molecular flexibility index (Phi) is 4.53. The smallest absolute Gasteiger partial charge is 0.159 e. The van der Waals surface area contributed by atoms with Gasteiger partial charge in [0.15, 0.2) is 5.82 Å². The van der Waals surface area contributed by atoms with E-state index in [-0.39, 0.29) is 16.2 Å². The van der Waals surface area contributed by atoms with Gasteiger partial charge in [0, 0.05) is 34.3 Å². The molecule has 0 spiro atoms. The van der Waals surface area contributed by atoms with Gasteiger partial charge >= 0.3 is 0 Å². The highest BCUT2D eigenvalue weighted by molar-refractivity contribution is 5.85. The predicted molar refractivity (Wildman–Crippen MR) is 133 cm³/mol. The third-order valence-corrected chi connectivity index (χ3v) is 8.68. The molecule has 1 atom stereocenters. The van der Waals surface area contributed by atoms with Crippen LogP contribution in [0.3, 0.4) is 0 Å². The van der Waals surface area contributed by atoms with Gasteiger partial charge in [-0.3, -0.25) is 4.98 Å². The predicted octanol–water partition coefficient (Wildman–Crippen LogP) is 7.34. The van der Waals surface area contributed by atoms with Crippen molar-refractivity contribution in [3.63, 3.8) is 0 Å². The molecular weight excluding hydrogens is 390 g/mol. The number of benzene rings is 2. The quantitative estimate of drug-likeness (QED) is 0.347. The molecule has 32 heavy (non-hydrogen) atoms. The summed E-state index contributed by atoms with van der Waals surface area (Å²) >= 11 is 0. The molecule has 1 aliphatic rings. The van der Waals surface area contributed by atoms with Crippen molar-refractivity contribution in [3.05, 3.63) is 78.2 Å². The van der Waals surface area contributed by atoms with Crippen LogP contribution in [0.25, 0.3) is 33.4 Å². The van der Waals surface area contributed by atoms with Crippen LogP contribution in [0.5, 0.6) is 0 Å². The van der Waals surface area contributed by atoms with E-state index in [2.05, 4.69) is 96.3 Å². The lowest BCUT2D eigenvalue weighted by molar-refractivity contribution is 0.106. The van der Waals surface area contributed by atoms with Gasteiger partial charge in [-0.25, -0.2) is 9.97 Å². The van der Waals surface area contributed by atoms with E-state index in [4.69, 9.17) is 15.0 Å². The molecular formula is C29H31N3. The van der Waals surface area contributed by atoms with Crippen molar-refractivity contribution >= 4 is 10.8 Å². The van der Waals surface area contributed by atoms with E-state index in [9.17, 15) is 0 Å². The molecule has 2 heterocycles. The van der Waals surface area contributed by atoms with Gasteiger partial charge in [-0.2, -0.15) is 0 Å². The first-order chi connectivity index (χ1) is 15.2. The fraction of sp³-hybridized carbons (Fsp3) is 0.345. The summed E-state index contributed by atoms with van der Waals surface area (Å²) in [5.74, 6) is 0.791. The number of hydrogen-bond acceptors (Lipinski definition) is 3. The van der Waals surface area contributed by atoms with Gasteiger partial charge in [0.25, 0.3) is 0 Å². The summed E-state index contributed by atoms with van der Waals surface area (Å²) in [6.07, 6.45) is 5.06. The fourth-order valence-corrected chi connectivity index (χ4v) is 5.39. The van der Waals surface area contributed by atoms with Gasteiger partial charge < -0.3 is 0 Å². The van der Waals surface area contributed by atoms with Gasteiger partial charge in [-0.05, 0) is 40.3 Å². The van der Waals surface area contributed by atoms with Crippen molar-refractivity contribution in [2.45, 2.75) is 58.8 Å². The first-order valence-corrected chi connectivity index (χ1v) is 11.5. The number of hydrogen-bond donors (Lipinski definition) is 0. The minimum atomic E-state index is 0.00103. The minimum Gasteiger partial charge on any atom is -0.256 e. The molecule has 4 aromatic rings. The zero-order valence-electron chi connectivity index (χ0n) is 19.9. The average Bonchev–Trinajstić information content (AvgIpc) is 2.93. The van der Waals surface area contributed by atoms with Gasteiger partial charge in [-0.1, -0.05) is 84.0 Å². The molecule has 1 aliphatic carbocycles. The normalized spacial score (nSPS) is 20.9. The molecule has 0 radical (unpaired) electrons. The van der Waals surface area contributed by atoms with Crippen molar-refractivity contribution in [1.29, 1.82) is 0 Å². The highest BCUT2D eigenvalue weighted by atomic mass is 14.9. The zero-order chi connectivity index (χ0) is 22.7. The van der Waals surface area contributed by atoms with Gasteiger partial charge in [0.05, 0.1) is 11.4 Å². The van der Waals surface area contributed by atoms with E-state index in [1.165, 1.54) is 16.6 Å². The van der Waals surface area contributed by atoms with E-state index < -0.39 is 0 Å². The maximum Gasteiger partial charge on any atom is 0.159 e. The lowest BCUT2D eigenvalue weighted by atomic mass is 9.58. The summed E-state index contributed by atoms with van der Waals surface area (Å²) < 4.78 is 0. The maximum absolute atomic E-state index is 5.19. The number of nitrogens with zero attached hydrogens (tertiary/aromatic N) is 3. The topological polar surface area (TPSA) is 38.7 Å². The number of aromatic nitrogens is 3. The summed E-state index contributed by atoms with van der Waals surface area (Å²) in [6.45, 7) is 14.1.